The van der Waals surface area contributed by atoms with E-state index in [1.54, 1.807) is 13.1 Å². The van der Waals surface area contributed by atoms with Gasteiger partial charge in [-0.2, -0.15) is 0 Å². The third kappa shape index (κ3) is 3.40. The maximum absolute atomic E-state index is 10.3. The van der Waals surface area contributed by atoms with Crippen molar-refractivity contribution in [1.82, 2.24) is 5.32 Å². The second-order valence-electron chi connectivity index (χ2n) is 1.31. The first-order chi connectivity index (χ1) is 3.81. The fourth-order valence-electron chi connectivity index (χ4n) is 0.274. The lowest BCUT2D eigenvalue weighted by Gasteiger charge is -1.85. The molecule has 45 valence electrons. The molecule has 8 heavy (non-hydrogen) atoms. The molecular weight excluding hydrogens is 102 g/mol. The van der Waals surface area contributed by atoms with E-state index < -0.39 is 0 Å². The molecule has 0 spiro atoms. The summed E-state index contributed by atoms with van der Waals surface area (Å²) in [5.41, 5.74) is 0. The van der Waals surface area contributed by atoms with Crippen molar-refractivity contribution in [2.45, 2.75) is 6.42 Å². The van der Waals surface area contributed by atoms with Crippen LogP contribution in [0.25, 0.3) is 0 Å². The van der Waals surface area contributed by atoms with Crippen LogP contribution in [-0.2, 0) is 4.79 Å². The van der Waals surface area contributed by atoms with Gasteiger partial charge in [0, 0.05) is 7.05 Å². The van der Waals surface area contributed by atoms with E-state index >= 15 is 0 Å². The molecule has 0 aromatic carbocycles. The Morgan fingerprint density at radius 2 is 2.50 bits per heavy atom. The van der Waals surface area contributed by atoms with Crippen LogP contribution in [0, 0.1) is 6.92 Å². The van der Waals surface area contributed by atoms with Gasteiger partial charge in [0.05, 0.1) is 0 Å². The van der Waals surface area contributed by atoms with Crippen LogP contribution in [0.3, 0.4) is 0 Å². The van der Waals surface area contributed by atoms with Crippen LogP contribution >= 0.6 is 0 Å². The fourth-order valence-corrected chi connectivity index (χ4v) is 0.274. The van der Waals surface area contributed by atoms with Gasteiger partial charge in [0.15, 0.2) is 0 Å². The van der Waals surface area contributed by atoms with Gasteiger partial charge in [0.2, 0.25) is 5.91 Å². The summed E-state index contributed by atoms with van der Waals surface area (Å²) < 4.78 is 0. The van der Waals surface area contributed by atoms with Crippen LogP contribution in [0.15, 0.2) is 12.2 Å². The molecular formula is C6H10NO. The van der Waals surface area contributed by atoms with Gasteiger partial charge in [-0.1, -0.05) is 6.08 Å². The molecule has 0 aliphatic heterocycles. The Bertz CT molecular complexity index is 96.7. The minimum Gasteiger partial charge on any atom is -0.356 e. The van der Waals surface area contributed by atoms with Crippen LogP contribution in [0.4, 0.5) is 0 Å². The topological polar surface area (TPSA) is 29.1 Å². The Morgan fingerprint density at radius 3 is 2.88 bits per heavy atom. The van der Waals surface area contributed by atoms with Gasteiger partial charge in [-0.05, 0) is 19.4 Å². The molecule has 1 N–H and O–H groups in total. The molecule has 0 saturated carbocycles. The Labute approximate surface area is 49.6 Å². The summed E-state index contributed by atoms with van der Waals surface area (Å²) in [5, 5.41) is 2.45. The Morgan fingerprint density at radius 1 is 1.88 bits per heavy atom. The summed E-state index contributed by atoms with van der Waals surface area (Å²) in [6.45, 7) is 3.53. The monoisotopic (exact) mass is 112 g/mol. The second kappa shape index (κ2) is 4.37. The van der Waals surface area contributed by atoms with Crippen molar-refractivity contribution in [1.29, 1.82) is 0 Å². The van der Waals surface area contributed by atoms with Crippen LogP contribution in [0.5, 0.6) is 0 Å². The summed E-state index contributed by atoms with van der Waals surface area (Å²) in [7, 11) is 1.59. The molecule has 1 amide bonds. The maximum atomic E-state index is 10.3. The number of amides is 1. The lowest BCUT2D eigenvalue weighted by molar-refractivity contribution is -0.116. The summed E-state index contributed by atoms with van der Waals surface area (Å²) >= 11 is 0. The van der Waals surface area contributed by atoms with Gasteiger partial charge < -0.3 is 5.32 Å². The van der Waals surface area contributed by atoms with Crippen LogP contribution in [0.1, 0.15) is 6.42 Å². The molecule has 1 radical (unpaired) electrons. The first-order valence-electron chi connectivity index (χ1n) is 2.48. The maximum Gasteiger partial charge on any atom is 0.243 e. The van der Waals surface area contributed by atoms with Crippen LogP contribution in [0.2, 0.25) is 0 Å². The third-order valence-corrected chi connectivity index (χ3v) is 0.682. The normalized spacial score (nSPS) is 9.75. The van der Waals surface area contributed by atoms with E-state index in [2.05, 4.69) is 12.2 Å². The first-order valence-corrected chi connectivity index (χ1v) is 2.48. The average Bonchev–Trinajstić information content (AvgIpc) is 1.83. The summed E-state index contributed by atoms with van der Waals surface area (Å²) in [4.78, 5) is 10.3. The highest BCUT2D eigenvalue weighted by atomic mass is 16.1. The standard InChI is InChI=1S/C6H10NO/c1-3-4-5-6(8)7-2/h4-5H,1,3H2,2H3,(H,7,8)/b5-4+. The van der Waals surface area contributed by atoms with Crippen molar-refractivity contribution in [2.24, 2.45) is 0 Å². The summed E-state index contributed by atoms with van der Waals surface area (Å²) in [6, 6.07) is 0. The number of carbonyl (C=O) groups is 1. The molecule has 0 atom stereocenters. The van der Waals surface area contributed by atoms with Gasteiger partial charge >= 0.3 is 0 Å². The Kier molecular flexibility index (Phi) is 3.94. The highest BCUT2D eigenvalue weighted by Crippen LogP contribution is 1.76. The minimum absolute atomic E-state index is 0.0753. The lowest BCUT2D eigenvalue weighted by atomic mass is 10.4. The molecule has 0 aromatic rings. The smallest absolute Gasteiger partial charge is 0.243 e. The van der Waals surface area contributed by atoms with E-state index in [1.807, 2.05) is 0 Å². The van der Waals surface area contributed by atoms with Gasteiger partial charge in [-0.25, -0.2) is 0 Å². The second-order valence-corrected chi connectivity index (χ2v) is 1.31. The molecule has 2 heteroatoms. The van der Waals surface area contributed by atoms with E-state index in [9.17, 15) is 4.79 Å². The van der Waals surface area contributed by atoms with Crippen molar-refractivity contribution in [3.63, 3.8) is 0 Å². The van der Waals surface area contributed by atoms with Gasteiger partial charge in [0.25, 0.3) is 0 Å². The number of allylic oxidation sites excluding steroid dienone is 1. The van der Waals surface area contributed by atoms with Gasteiger partial charge in [-0.15, -0.1) is 0 Å². The molecule has 0 aliphatic carbocycles. The molecule has 0 fully saturated rings. The van der Waals surface area contributed by atoms with Crippen LogP contribution in [-0.4, -0.2) is 13.0 Å². The predicted octanol–water partition coefficient (Wildman–Crippen LogP) is 0.513. The SMILES string of the molecule is [CH2]C/C=C/C(=O)NC. The zero-order chi connectivity index (χ0) is 6.41. The van der Waals surface area contributed by atoms with E-state index in [-0.39, 0.29) is 5.91 Å². The summed E-state index contributed by atoms with van der Waals surface area (Å²) in [6.07, 6.45) is 3.83. The Balaban J connectivity index is 3.37. The number of nitrogens with one attached hydrogen (secondary N) is 1. The van der Waals surface area contributed by atoms with E-state index in [1.165, 1.54) is 6.08 Å². The Hall–Kier alpha value is -0.790. The zero-order valence-corrected chi connectivity index (χ0v) is 4.98. The third-order valence-electron chi connectivity index (χ3n) is 0.682. The van der Waals surface area contributed by atoms with E-state index in [0.29, 0.717) is 6.42 Å². The zero-order valence-electron chi connectivity index (χ0n) is 4.98. The fraction of sp³-hybridized carbons (Fsp3) is 0.333. The van der Waals surface area contributed by atoms with Crippen molar-refractivity contribution >= 4 is 5.91 Å². The molecule has 0 aromatic heterocycles. The van der Waals surface area contributed by atoms with Crippen molar-refractivity contribution in [2.75, 3.05) is 7.05 Å². The number of hydrogen-bond acceptors (Lipinski definition) is 1. The van der Waals surface area contributed by atoms with Crippen molar-refractivity contribution in [3.05, 3.63) is 19.1 Å². The quantitative estimate of drug-likeness (QED) is 0.518. The molecule has 0 aliphatic rings. The highest BCUT2D eigenvalue weighted by molar-refractivity contribution is 5.87. The first kappa shape index (κ1) is 7.21. The van der Waals surface area contributed by atoms with Crippen molar-refractivity contribution < 1.29 is 4.79 Å². The van der Waals surface area contributed by atoms with Gasteiger partial charge in [-0.3, -0.25) is 4.79 Å². The molecule has 0 saturated heterocycles. The van der Waals surface area contributed by atoms with E-state index in [4.69, 9.17) is 0 Å². The van der Waals surface area contributed by atoms with Crippen LogP contribution < -0.4 is 5.32 Å². The van der Waals surface area contributed by atoms with Crippen molar-refractivity contribution in [3.8, 4) is 0 Å². The summed E-state index contributed by atoms with van der Waals surface area (Å²) in [5.74, 6) is -0.0753. The number of likely N-dealkylation sites (N-methyl/N-ethyl adjacent to an activating group) is 1. The number of hydrogen-bond donors (Lipinski definition) is 1. The molecule has 2 nitrogen and oxygen atoms in total. The van der Waals surface area contributed by atoms with Gasteiger partial charge in [0.1, 0.15) is 0 Å². The largest absolute Gasteiger partial charge is 0.356 e. The number of carbonyl (C=O) groups excluding carboxylic acids is 1. The molecule has 0 heterocycles. The molecule has 0 bridgehead atoms. The molecule has 0 unspecified atom stereocenters. The predicted molar refractivity (Wildman–Crippen MR) is 33.2 cm³/mol. The average molecular weight is 112 g/mol. The van der Waals surface area contributed by atoms with E-state index in [0.717, 1.165) is 0 Å². The minimum atomic E-state index is -0.0753. The number of rotatable bonds is 2. The highest BCUT2D eigenvalue weighted by Gasteiger charge is 1.82. The molecule has 0 rings (SSSR count). The lowest BCUT2D eigenvalue weighted by Crippen LogP contribution is -2.13.